The molecule has 0 unspecified atom stereocenters. The van der Waals surface area contributed by atoms with Crippen molar-refractivity contribution in [2.45, 2.75) is 20.3 Å². The first kappa shape index (κ1) is 21.0. The molecule has 0 aliphatic carbocycles. The highest BCUT2D eigenvalue weighted by molar-refractivity contribution is 6.42. The molecule has 0 saturated carbocycles. The molecule has 0 aliphatic heterocycles. The van der Waals surface area contributed by atoms with Gasteiger partial charge in [0.05, 0.1) is 27.8 Å². The second kappa shape index (κ2) is 8.09. The topological polar surface area (TPSA) is 103 Å². The van der Waals surface area contributed by atoms with E-state index in [1.54, 1.807) is 47.1 Å². The molecular weight excluding hydrogens is 439 g/mol. The summed E-state index contributed by atoms with van der Waals surface area (Å²) in [5.74, 6) is -1.17. The zero-order chi connectivity index (χ0) is 22.3. The third-order valence-corrected chi connectivity index (χ3v) is 5.75. The molecule has 0 fully saturated rings. The average Bonchev–Trinajstić information content (AvgIpc) is 3.23. The lowest BCUT2D eigenvalue weighted by atomic mass is 10.1. The number of carbonyl (C=O) groups excluding carboxylic acids is 2. The summed E-state index contributed by atoms with van der Waals surface area (Å²) in [4.78, 5) is 24.7. The number of nitrogens with zero attached hydrogens (tertiary/aromatic N) is 2. The first-order chi connectivity index (χ1) is 14.8. The van der Waals surface area contributed by atoms with Crippen molar-refractivity contribution in [1.82, 2.24) is 9.78 Å². The Morgan fingerprint density at radius 3 is 2.58 bits per heavy atom. The van der Waals surface area contributed by atoms with Gasteiger partial charge >= 0.3 is 0 Å². The van der Waals surface area contributed by atoms with Crippen LogP contribution in [0.2, 0.25) is 10.0 Å². The van der Waals surface area contributed by atoms with Crippen LogP contribution in [0.4, 0.5) is 5.69 Å². The molecule has 0 aliphatic rings. The summed E-state index contributed by atoms with van der Waals surface area (Å²) in [6.07, 6.45) is 0.0523. The van der Waals surface area contributed by atoms with Crippen molar-refractivity contribution >= 4 is 51.7 Å². The summed E-state index contributed by atoms with van der Waals surface area (Å²) in [5, 5.41) is 8.78. The van der Waals surface area contributed by atoms with Crippen molar-refractivity contribution < 1.29 is 14.0 Å². The van der Waals surface area contributed by atoms with E-state index in [1.807, 2.05) is 13.8 Å². The quantitative estimate of drug-likeness (QED) is 0.448. The molecule has 0 atom stereocenters. The minimum absolute atomic E-state index is 0.0523. The Morgan fingerprint density at radius 2 is 1.87 bits per heavy atom. The number of benzene rings is 2. The number of hydrogen-bond donors (Lipinski definition) is 2. The van der Waals surface area contributed by atoms with E-state index in [9.17, 15) is 9.59 Å². The number of rotatable bonds is 5. The zero-order valence-corrected chi connectivity index (χ0v) is 18.2. The monoisotopic (exact) mass is 456 g/mol. The number of nitrogens with two attached hydrogens (primary N) is 1. The van der Waals surface area contributed by atoms with E-state index in [4.69, 9.17) is 33.4 Å². The van der Waals surface area contributed by atoms with E-state index >= 15 is 0 Å². The number of hydrogen-bond acceptors (Lipinski definition) is 4. The van der Waals surface area contributed by atoms with Crippen LogP contribution in [-0.4, -0.2) is 21.6 Å². The third kappa shape index (κ3) is 3.89. The van der Waals surface area contributed by atoms with Gasteiger partial charge in [-0.05, 0) is 44.2 Å². The molecule has 7 nitrogen and oxygen atoms in total. The minimum atomic E-state index is -0.758. The van der Waals surface area contributed by atoms with Gasteiger partial charge in [0.25, 0.3) is 5.91 Å². The SMILES string of the molecule is Cc1nn(-c2ccc(Cl)c(Cl)c2)c(C)c1CC(=O)Nc1c(C(N)=O)oc2ccccc12. The minimum Gasteiger partial charge on any atom is -0.449 e. The van der Waals surface area contributed by atoms with Crippen LogP contribution in [0.25, 0.3) is 16.7 Å². The number of primary amides is 1. The first-order valence-corrected chi connectivity index (χ1v) is 10.1. The lowest BCUT2D eigenvalue weighted by molar-refractivity contribution is -0.115. The lowest BCUT2D eigenvalue weighted by Gasteiger charge is -2.08. The normalized spacial score (nSPS) is 11.1. The molecule has 0 bridgehead atoms. The van der Waals surface area contributed by atoms with Crippen LogP contribution in [0, 0.1) is 13.8 Å². The number of fused-ring (bicyclic) bond motifs is 1. The maximum Gasteiger partial charge on any atom is 0.286 e. The van der Waals surface area contributed by atoms with Crippen LogP contribution < -0.4 is 11.1 Å². The molecule has 31 heavy (non-hydrogen) atoms. The Morgan fingerprint density at radius 1 is 1.13 bits per heavy atom. The van der Waals surface area contributed by atoms with Gasteiger partial charge in [-0.25, -0.2) is 4.68 Å². The van der Waals surface area contributed by atoms with E-state index in [2.05, 4.69) is 10.4 Å². The molecule has 0 spiro atoms. The number of halogens is 2. The molecule has 9 heteroatoms. The number of nitrogens with one attached hydrogen (secondary N) is 1. The molecule has 0 radical (unpaired) electrons. The summed E-state index contributed by atoms with van der Waals surface area (Å²) in [7, 11) is 0. The predicted molar refractivity (Wildman–Crippen MR) is 120 cm³/mol. The van der Waals surface area contributed by atoms with Crippen LogP contribution in [0.1, 0.15) is 27.5 Å². The Bertz CT molecular complexity index is 1340. The maximum atomic E-state index is 12.9. The van der Waals surface area contributed by atoms with Crippen molar-refractivity contribution in [2.75, 3.05) is 5.32 Å². The molecule has 158 valence electrons. The van der Waals surface area contributed by atoms with Crippen LogP contribution in [0.5, 0.6) is 0 Å². The Balaban J connectivity index is 1.64. The van der Waals surface area contributed by atoms with Crippen molar-refractivity contribution in [3.63, 3.8) is 0 Å². The Labute approximate surface area is 187 Å². The van der Waals surface area contributed by atoms with Gasteiger partial charge in [0.1, 0.15) is 11.3 Å². The lowest BCUT2D eigenvalue weighted by Crippen LogP contribution is -2.19. The molecular formula is C22H18Cl2N4O3. The van der Waals surface area contributed by atoms with Gasteiger partial charge in [-0.2, -0.15) is 5.10 Å². The Hall–Kier alpha value is -3.29. The zero-order valence-electron chi connectivity index (χ0n) is 16.7. The van der Waals surface area contributed by atoms with Crippen molar-refractivity contribution in [2.24, 2.45) is 5.73 Å². The standard InChI is InChI=1S/C22H18Cl2N4O3/c1-11-15(12(2)28(27-11)13-7-8-16(23)17(24)9-13)10-19(29)26-20-14-5-3-4-6-18(14)31-21(20)22(25)30/h3-9H,10H2,1-2H3,(H2,25,30)(H,26,29). The number of para-hydroxylation sites is 1. The molecule has 0 saturated heterocycles. The average molecular weight is 457 g/mol. The van der Waals surface area contributed by atoms with E-state index in [0.717, 1.165) is 16.9 Å². The number of aryl methyl sites for hydroxylation is 1. The Kier molecular flexibility index (Phi) is 5.47. The fourth-order valence-corrected chi connectivity index (χ4v) is 3.78. The van der Waals surface area contributed by atoms with Gasteiger partial charge in [0.2, 0.25) is 11.7 Å². The third-order valence-electron chi connectivity index (χ3n) is 5.01. The molecule has 4 rings (SSSR count). The highest BCUT2D eigenvalue weighted by atomic mass is 35.5. The first-order valence-electron chi connectivity index (χ1n) is 9.38. The second-order valence-corrected chi connectivity index (χ2v) is 7.87. The van der Waals surface area contributed by atoms with E-state index in [0.29, 0.717) is 26.7 Å². The van der Waals surface area contributed by atoms with Crippen molar-refractivity contribution in [3.8, 4) is 5.69 Å². The van der Waals surface area contributed by atoms with E-state index in [1.165, 1.54) is 0 Å². The molecule has 2 amide bonds. The molecule has 3 N–H and O–H groups in total. The number of amides is 2. The van der Waals surface area contributed by atoms with Gasteiger partial charge in [0, 0.05) is 16.6 Å². The number of aromatic nitrogens is 2. The van der Waals surface area contributed by atoms with Crippen molar-refractivity contribution in [3.05, 3.63) is 75.2 Å². The fraction of sp³-hybridized carbons (Fsp3) is 0.136. The number of furan rings is 1. The predicted octanol–water partition coefficient (Wildman–Crippen LogP) is 4.82. The largest absolute Gasteiger partial charge is 0.449 e. The van der Waals surface area contributed by atoms with Crippen LogP contribution in [0.15, 0.2) is 46.9 Å². The van der Waals surface area contributed by atoms with Crippen LogP contribution >= 0.6 is 23.2 Å². The van der Waals surface area contributed by atoms with Gasteiger partial charge in [-0.3, -0.25) is 9.59 Å². The number of anilines is 1. The highest BCUT2D eigenvalue weighted by Gasteiger charge is 2.22. The summed E-state index contributed by atoms with van der Waals surface area (Å²) >= 11 is 12.1. The maximum absolute atomic E-state index is 12.9. The molecule has 4 aromatic rings. The van der Waals surface area contributed by atoms with Crippen LogP contribution in [0.3, 0.4) is 0 Å². The second-order valence-electron chi connectivity index (χ2n) is 7.05. The molecule has 2 heterocycles. The smallest absolute Gasteiger partial charge is 0.286 e. The molecule has 2 aromatic heterocycles. The summed E-state index contributed by atoms with van der Waals surface area (Å²) in [5.41, 5.74) is 9.14. The number of carbonyl (C=O) groups is 2. The summed E-state index contributed by atoms with van der Waals surface area (Å²) in [6.45, 7) is 3.69. The summed E-state index contributed by atoms with van der Waals surface area (Å²) in [6, 6.07) is 12.2. The van der Waals surface area contributed by atoms with Gasteiger partial charge < -0.3 is 15.5 Å². The fourth-order valence-electron chi connectivity index (χ4n) is 3.49. The van der Waals surface area contributed by atoms with Gasteiger partial charge in [-0.15, -0.1) is 0 Å². The molecule has 2 aromatic carbocycles. The van der Waals surface area contributed by atoms with Gasteiger partial charge in [-0.1, -0.05) is 35.3 Å². The summed E-state index contributed by atoms with van der Waals surface area (Å²) < 4.78 is 7.22. The highest BCUT2D eigenvalue weighted by Crippen LogP contribution is 2.31. The van der Waals surface area contributed by atoms with E-state index in [-0.39, 0.29) is 23.8 Å². The van der Waals surface area contributed by atoms with Crippen molar-refractivity contribution in [1.29, 1.82) is 0 Å². The van der Waals surface area contributed by atoms with Crippen LogP contribution in [-0.2, 0) is 11.2 Å². The van der Waals surface area contributed by atoms with E-state index < -0.39 is 5.91 Å². The van der Waals surface area contributed by atoms with Gasteiger partial charge in [0.15, 0.2) is 0 Å².